The second kappa shape index (κ2) is 36.4. The second-order valence-electron chi connectivity index (χ2n) is 9.67. The lowest BCUT2D eigenvalue weighted by atomic mass is 10.1. The van der Waals surface area contributed by atoms with E-state index in [0.717, 1.165) is 38.3 Å². The highest BCUT2D eigenvalue weighted by Gasteiger charge is 1.92. The van der Waals surface area contributed by atoms with E-state index in [-0.39, 0.29) is 0 Å². The summed E-state index contributed by atoms with van der Waals surface area (Å²) >= 11 is 0. The molecule has 0 radical (unpaired) electrons. The van der Waals surface area contributed by atoms with Gasteiger partial charge in [-0.15, -0.1) is 0 Å². The molecule has 2 nitrogen and oxygen atoms in total. The number of carbonyl (C=O) groups excluding carboxylic acids is 2. The van der Waals surface area contributed by atoms with Crippen LogP contribution in [-0.4, -0.2) is 12.6 Å². The number of hydrogen-bond donors (Lipinski definition) is 0. The first-order valence-electron chi connectivity index (χ1n) is 15.0. The number of rotatable bonds is 26. The van der Waals surface area contributed by atoms with E-state index < -0.39 is 0 Å². The van der Waals surface area contributed by atoms with Crippen molar-refractivity contribution in [3.05, 3.63) is 24.3 Å². The zero-order valence-electron chi connectivity index (χ0n) is 23.3. The first kappa shape index (κ1) is 35.0. The van der Waals surface area contributed by atoms with Gasteiger partial charge in [0, 0.05) is 12.8 Å². The van der Waals surface area contributed by atoms with Gasteiger partial charge in [-0.1, -0.05) is 128 Å². The van der Waals surface area contributed by atoms with Crippen LogP contribution >= 0.6 is 0 Å². The van der Waals surface area contributed by atoms with Crippen molar-refractivity contribution >= 4 is 12.6 Å². The van der Waals surface area contributed by atoms with Crippen LogP contribution in [0.2, 0.25) is 0 Å². The van der Waals surface area contributed by atoms with Crippen LogP contribution in [0.25, 0.3) is 0 Å². The zero-order chi connectivity index (χ0) is 25.2. The molecule has 0 rings (SSSR count). The molecule has 0 unspecified atom stereocenters. The lowest BCUT2D eigenvalue weighted by Crippen LogP contribution is -1.81. The van der Waals surface area contributed by atoms with Gasteiger partial charge in [0.2, 0.25) is 0 Å². The maximum atomic E-state index is 10.1. The number of aldehydes is 2. The van der Waals surface area contributed by atoms with Crippen molar-refractivity contribution in [3.63, 3.8) is 0 Å². The molecule has 0 aliphatic rings. The average Bonchev–Trinajstić information content (AvgIpc) is 2.85. The van der Waals surface area contributed by atoms with E-state index in [9.17, 15) is 9.59 Å². The molecule has 2 heteroatoms. The minimum absolute atomic E-state index is 0.753. The van der Waals surface area contributed by atoms with Crippen LogP contribution in [0.5, 0.6) is 0 Å². The Morgan fingerprint density at radius 2 is 0.559 bits per heavy atom. The Hall–Kier alpha value is -1.18. The fourth-order valence-electron chi connectivity index (χ4n) is 3.86. The Morgan fingerprint density at radius 3 is 0.824 bits per heavy atom. The van der Waals surface area contributed by atoms with Crippen LogP contribution in [0.1, 0.15) is 168 Å². The molecule has 0 aromatic rings. The Kier molecular flexibility index (Phi) is 37.4. The molecule has 0 N–H and O–H groups in total. The third kappa shape index (κ3) is 38.1. The topological polar surface area (TPSA) is 34.1 Å². The first-order chi connectivity index (χ1) is 16.8. The van der Waals surface area contributed by atoms with Gasteiger partial charge in [0.05, 0.1) is 0 Å². The summed E-state index contributed by atoms with van der Waals surface area (Å²) in [6.07, 6.45) is 41.3. The monoisotopic (exact) mass is 476 g/mol. The van der Waals surface area contributed by atoms with E-state index in [1.54, 1.807) is 0 Å². The number of allylic oxidation sites excluding steroid dienone is 4. The molecular weight excluding hydrogens is 416 g/mol. The summed E-state index contributed by atoms with van der Waals surface area (Å²) in [7, 11) is 0. The Morgan fingerprint density at radius 1 is 0.324 bits per heavy atom. The van der Waals surface area contributed by atoms with Crippen molar-refractivity contribution in [1.29, 1.82) is 0 Å². The highest BCUT2D eigenvalue weighted by atomic mass is 16.1. The predicted octanol–water partition coefficient (Wildman–Crippen LogP) is 10.9. The summed E-state index contributed by atoms with van der Waals surface area (Å²) in [5.74, 6) is 0. The maximum Gasteiger partial charge on any atom is 0.119 e. The van der Waals surface area contributed by atoms with Crippen molar-refractivity contribution in [1.82, 2.24) is 0 Å². The fourth-order valence-corrected chi connectivity index (χ4v) is 3.86. The normalized spacial score (nSPS) is 11.1. The molecule has 0 spiro atoms. The van der Waals surface area contributed by atoms with Crippen LogP contribution < -0.4 is 0 Å². The van der Waals surface area contributed by atoms with E-state index in [1.807, 2.05) is 0 Å². The summed E-state index contributed by atoms with van der Waals surface area (Å²) in [6, 6.07) is 0. The highest BCUT2D eigenvalue weighted by molar-refractivity contribution is 5.49. The van der Waals surface area contributed by atoms with Gasteiger partial charge in [-0.2, -0.15) is 0 Å². The standard InChI is InChI=1S/2C16H30O/c2*1-2-3-4-5-6-7-8-9-10-11-12-13-14-15-16-17/h2*5-6,16H,2-4,7-15H2,1H3/b2*6-5-. The summed E-state index contributed by atoms with van der Waals surface area (Å²) < 4.78 is 0. The SMILES string of the molecule is CCCC/C=C\CCCCCCCCCC=O.CCCC/C=C\CCCCCCCCCC=O. The van der Waals surface area contributed by atoms with Gasteiger partial charge in [0.25, 0.3) is 0 Å². The molecule has 0 aromatic heterocycles. The predicted molar refractivity (Wildman–Crippen MR) is 153 cm³/mol. The third-order valence-electron chi connectivity index (χ3n) is 6.17. The van der Waals surface area contributed by atoms with E-state index in [4.69, 9.17) is 0 Å². The van der Waals surface area contributed by atoms with Crippen molar-refractivity contribution in [3.8, 4) is 0 Å². The molecule has 0 fully saturated rings. The van der Waals surface area contributed by atoms with Gasteiger partial charge in [-0.05, 0) is 51.4 Å². The quantitative estimate of drug-likeness (QED) is 0.0706. The van der Waals surface area contributed by atoms with Crippen molar-refractivity contribution in [2.45, 2.75) is 168 Å². The minimum atomic E-state index is 0.753. The van der Waals surface area contributed by atoms with Crippen LogP contribution in [0, 0.1) is 0 Å². The Bertz CT molecular complexity index is 385. The van der Waals surface area contributed by atoms with Crippen LogP contribution in [0.15, 0.2) is 24.3 Å². The summed E-state index contributed by atoms with van der Waals surface area (Å²) in [6.45, 7) is 4.48. The largest absolute Gasteiger partial charge is 0.303 e. The van der Waals surface area contributed by atoms with E-state index in [1.165, 1.54) is 128 Å². The molecule has 0 aliphatic carbocycles. The molecule has 200 valence electrons. The molecular formula is C32H60O2. The Balaban J connectivity index is 0. The summed E-state index contributed by atoms with van der Waals surface area (Å²) in [5.41, 5.74) is 0. The van der Waals surface area contributed by atoms with Crippen molar-refractivity contribution < 1.29 is 9.59 Å². The van der Waals surface area contributed by atoms with Gasteiger partial charge >= 0.3 is 0 Å². The van der Waals surface area contributed by atoms with Gasteiger partial charge in [0.15, 0.2) is 0 Å². The number of hydrogen-bond acceptors (Lipinski definition) is 2. The maximum absolute atomic E-state index is 10.1. The van der Waals surface area contributed by atoms with Gasteiger partial charge < -0.3 is 9.59 Å². The van der Waals surface area contributed by atoms with Gasteiger partial charge in [-0.3, -0.25) is 0 Å². The third-order valence-corrected chi connectivity index (χ3v) is 6.17. The second-order valence-corrected chi connectivity index (χ2v) is 9.67. The Labute approximate surface area is 214 Å². The van der Waals surface area contributed by atoms with E-state index >= 15 is 0 Å². The molecule has 0 atom stereocenters. The smallest absolute Gasteiger partial charge is 0.119 e. The molecule has 0 aromatic carbocycles. The van der Waals surface area contributed by atoms with Gasteiger partial charge in [-0.25, -0.2) is 0 Å². The van der Waals surface area contributed by atoms with E-state index in [0.29, 0.717) is 0 Å². The number of unbranched alkanes of at least 4 members (excludes halogenated alkanes) is 20. The number of carbonyl (C=O) groups is 2. The molecule has 0 saturated carbocycles. The molecule has 0 saturated heterocycles. The minimum Gasteiger partial charge on any atom is -0.303 e. The highest BCUT2D eigenvalue weighted by Crippen LogP contribution is 2.11. The molecule has 0 heterocycles. The fraction of sp³-hybridized carbons (Fsp3) is 0.812. The van der Waals surface area contributed by atoms with E-state index in [2.05, 4.69) is 38.2 Å². The molecule has 0 bridgehead atoms. The first-order valence-corrected chi connectivity index (χ1v) is 15.0. The molecule has 0 aliphatic heterocycles. The van der Waals surface area contributed by atoms with Crippen LogP contribution in [0.3, 0.4) is 0 Å². The lowest BCUT2D eigenvalue weighted by molar-refractivity contribution is -0.108. The molecule has 0 amide bonds. The zero-order valence-corrected chi connectivity index (χ0v) is 23.3. The average molecular weight is 477 g/mol. The summed E-state index contributed by atoms with van der Waals surface area (Å²) in [5, 5.41) is 0. The van der Waals surface area contributed by atoms with Crippen molar-refractivity contribution in [2.75, 3.05) is 0 Å². The lowest BCUT2D eigenvalue weighted by Gasteiger charge is -1.99. The van der Waals surface area contributed by atoms with Crippen molar-refractivity contribution in [2.24, 2.45) is 0 Å². The van der Waals surface area contributed by atoms with Crippen LogP contribution in [-0.2, 0) is 9.59 Å². The molecule has 34 heavy (non-hydrogen) atoms. The summed E-state index contributed by atoms with van der Waals surface area (Å²) in [4.78, 5) is 20.2. The van der Waals surface area contributed by atoms with Crippen LogP contribution in [0.4, 0.5) is 0 Å². The van der Waals surface area contributed by atoms with Gasteiger partial charge in [0.1, 0.15) is 12.6 Å².